The van der Waals surface area contributed by atoms with Crippen LogP contribution in [0.5, 0.6) is 0 Å². The van der Waals surface area contributed by atoms with Crippen molar-refractivity contribution in [1.82, 2.24) is 19.1 Å². The molecule has 1 unspecified atom stereocenters. The Morgan fingerprint density at radius 3 is 1.54 bits per heavy atom. The number of rotatable bonds is 15. The number of aromatic nitrogens is 4. The first kappa shape index (κ1) is 35.5. The second-order valence-corrected chi connectivity index (χ2v) is 11.5. The van der Waals surface area contributed by atoms with Crippen LogP contribution in [0.25, 0.3) is 0 Å². The van der Waals surface area contributed by atoms with E-state index in [0.717, 1.165) is 21.5 Å². The summed E-state index contributed by atoms with van der Waals surface area (Å²) in [6, 6.07) is 0. The number of carbonyl (C=O) groups is 2. The quantitative estimate of drug-likeness (QED) is 0.181. The van der Waals surface area contributed by atoms with Crippen LogP contribution in [-0.2, 0) is 28.4 Å². The average molecular weight is 697 g/mol. The molecule has 254 valence electrons. The lowest BCUT2D eigenvalue weighted by Crippen LogP contribution is -2.31. The summed E-state index contributed by atoms with van der Waals surface area (Å²) in [6.07, 6.45) is -2.07. The lowest BCUT2D eigenvalue weighted by atomic mass is 10.5. The maximum absolute atomic E-state index is 14.4. The van der Waals surface area contributed by atoms with Crippen molar-refractivity contribution >= 4 is 47.3 Å². The number of thioether (sulfide) groups is 2. The van der Waals surface area contributed by atoms with Gasteiger partial charge in [-0.25, -0.2) is 28.0 Å². The van der Waals surface area contributed by atoms with Gasteiger partial charge in [-0.3, -0.25) is 19.8 Å². The van der Waals surface area contributed by atoms with Crippen molar-refractivity contribution in [1.29, 1.82) is 0 Å². The number of anilines is 2. The van der Waals surface area contributed by atoms with E-state index in [0.29, 0.717) is 11.5 Å². The molecule has 46 heavy (non-hydrogen) atoms. The smallest absolute Gasteiger partial charge is 0.412 e. The van der Waals surface area contributed by atoms with Crippen LogP contribution < -0.4 is 22.0 Å². The summed E-state index contributed by atoms with van der Waals surface area (Å²) in [5, 5.41) is 22.3. The van der Waals surface area contributed by atoms with Gasteiger partial charge in [-0.05, 0) is 0 Å². The predicted octanol–water partition coefficient (Wildman–Crippen LogP) is 0.0694. The van der Waals surface area contributed by atoms with Gasteiger partial charge in [0.25, 0.3) is 0 Å². The molecule has 0 spiro atoms. The first-order valence-corrected chi connectivity index (χ1v) is 15.6. The normalized spacial score (nSPS) is 20.9. The summed E-state index contributed by atoms with van der Waals surface area (Å²) in [6.45, 7) is -0.874. The van der Waals surface area contributed by atoms with E-state index < -0.39 is 70.2 Å². The van der Waals surface area contributed by atoms with Gasteiger partial charge in [0, 0.05) is 11.5 Å². The van der Waals surface area contributed by atoms with Gasteiger partial charge in [0.2, 0.25) is 0 Å². The highest BCUT2D eigenvalue weighted by molar-refractivity contribution is 8.00. The Kier molecular flexibility index (Phi) is 13.5. The average Bonchev–Trinajstić information content (AvgIpc) is 3.71. The van der Waals surface area contributed by atoms with Gasteiger partial charge in [-0.15, -0.1) is 23.5 Å². The van der Waals surface area contributed by atoms with Gasteiger partial charge in [-0.2, -0.15) is 9.97 Å². The van der Waals surface area contributed by atoms with Crippen LogP contribution in [0.1, 0.15) is 12.5 Å². The lowest BCUT2D eigenvalue weighted by Gasteiger charge is -2.14. The van der Waals surface area contributed by atoms with Crippen molar-refractivity contribution in [2.75, 3.05) is 75.0 Å². The number of hydrogen-bond acceptors (Lipinski definition) is 16. The molecule has 18 nitrogen and oxygen atoms in total. The summed E-state index contributed by atoms with van der Waals surface area (Å²) in [4.78, 5) is 55.3. The fourth-order valence-corrected chi connectivity index (χ4v) is 5.68. The van der Waals surface area contributed by atoms with E-state index in [1.807, 2.05) is 10.6 Å². The monoisotopic (exact) mass is 696 g/mol. The minimum atomic E-state index is -1.07. The number of hydrogen-bond donors (Lipinski definition) is 4. The predicted molar refractivity (Wildman–Crippen MR) is 155 cm³/mol. The zero-order valence-corrected chi connectivity index (χ0v) is 25.5. The first-order chi connectivity index (χ1) is 22.2. The Balaban J connectivity index is 1.04. The first-order valence-electron chi connectivity index (χ1n) is 13.5. The van der Waals surface area contributed by atoms with Crippen LogP contribution in [0.4, 0.5) is 30.0 Å². The van der Waals surface area contributed by atoms with Gasteiger partial charge in [0.05, 0.1) is 52.0 Å². The highest BCUT2D eigenvalue weighted by Gasteiger charge is 2.29. The van der Waals surface area contributed by atoms with E-state index in [9.17, 15) is 28.0 Å². The number of halogens is 2. The van der Waals surface area contributed by atoms with E-state index in [4.69, 9.17) is 38.6 Å². The van der Waals surface area contributed by atoms with Crippen molar-refractivity contribution in [2.24, 2.45) is 0 Å². The molecule has 2 fully saturated rings. The molecule has 2 amide bonds. The van der Waals surface area contributed by atoms with Crippen LogP contribution >= 0.6 is 23.5 Å². The van der Waals surface area contributed by atoms with Gasteiger partial charge in [-0.1, -0.05) is 0 Å². The molecule has 2 aromatic rings. The number of amides is 2. The van der Waals surface area contributed by atoms with Crippen molar-refractivity contribution in [3.8, 4) is 0 Å². The number of nitrogens with zero attached hydrogens (tertiary/aromatic N) is 4. The number of ether oxygens (including phenoxy) is 6. The second kappa shape index (κ2) is 17.5. The molecular formula is C24H30F2N6O12S2. The number of nitrogens with one attached hydrogen (secondary N) is 2. The highest BCUT2D eigenvalue weighted by Crippen LogP contribution is 2.31. The fourth-order valence-electron chi connectivity index (χ4n) is 3.82. The Hall–Kier alpha value is -3.38. The largest absolute Gasteiger partial charge is 0.447 e. The zero-order valence-electron chi connectivity index (χ0n) is 23.9. The molecule has 2 saturated heterocycles. The van der Waals surface area contributed by atoms with Crippen LogP contribution in [0.2, 0.25) is 0 Å². The molecule has 4 rings (SSSR count). The molecule has 4 atom stereocenters. The molecule has 4 heterocycles. The molecule has 4 N–H and O–H groups in total. The standard InChI is InChI=1S/C24H30F2N6O12S2/c25-13-7-31(15-11-45-17(9-33)43-15)21(35)27-19(13)29-23(37)41-5-3-39-1-2-40-4-6-42-24(38)30-20-14(26)8-32(22(36)28-20)16-12-46-18(10-34)44-16/h7-8,15-18,33-34H,1-6,9-12H2,(H,27,29,35,37)(H,28,30,36,38)/t15-,16-,17+,18?/m0/s1. The molecule has 0 aromatic carbocycles. The lowest BCUT2D eigenvalue weighted by molar-refractivity contribution is -0.00682. The van der Waals surface area contributed by atoms with Gasteiger partial charge >= 0.3 is 23.6 Å². The highest BCUT2D eigenvalue weighted by atomic mass is 32.2. The second-order valence-electron chi connectivity index (χ2n) is 9.07. The van der Waals surface area contributed by atoms with Gasteiger partial charge < -0.3 is 38.6 Å². The fraction of sp³-hybridized carbons (Fsp3) is 0.583. The van der Waals surface area contributed by atoms with Gasteiger partial charge in [0.1, 0.15) is 36.5 Å². The Labute approximate surface area is 266 Å². The number of carbonyl (C=O) groups excluding carboxylic acids is 2. The molecule has 2 aliphatic rings. The maximum Gasteiger partial charge on any atom is 0.412 e. The van der Waals surface area contributed by atoms with E-state index in [1.54, 1.807) is 0 Å². The summed E-state index contributed by atoms with van der Waals surface area (Å²) >= 11 is 2.52. The minimum absolute atomic E-state index is 0.0407. The zero-order chi connectivity index (χ0) is 33.1. The Morgan fingerprint density at radius 1 is 0.783 bits per heavy atom. The van der Waals surface area contributed by atoms with Crippen molar-refractivity contribution in [3.05, 3.63) is 45.0 Å². The summed E-state index contributed by atoms with van der Waals surface area (Å²) in [5.41, 5.74) is -2.80. The van der Waals surface area contributed by atoms with Crippen molar-refractivity contribution in [3.63, 3.8) is 0 Å². The molecule has 0 saturated carbocycles. The van der Waals surface area contributed by atoms with Gasteiger partial charge in [0.15, 0.2) is 23.3 Å². The van der Waals surface area contributed by atoms with Crippen LogP contribution in [0.15, 0.2) is 22.0 Å². The third kappa shape index (κ3) is 10.1. The topological polar surface area (TPSA) is 224 Å². The summed E-state index contributed by atoms with van der Waals surface area (Å²) in [7, 11) is 0. The van der Waals surface area contributed by atoms with Crippen molar-refractivity contribution < 1.29 is 57.0 Å². The number of aliphatic hydroxyl groups is 2. The maximum atomic E-state index is 14.4. The molecule has 0 aliphatic carbocycles. The Morgan fingerprint density at radius 2 is 1.17 bits per heavy atom. The van der Waals surface area contributed by atoms with E-state index >= 15 is 0 Å². The van der Waals surface area contributed by atoms with Crippen molar-refractivity contribution in [2.45, 2.75) is 23.3 Å². The van der Waals surface area contributed by atoms with E-state index in [2.05, 4.69) is 9.97 Å². The third-order valence-electron chi connectivity index (χ3n) is 5.93. The van der Waals surface area contributed by atoms with E-state index in [-0.39, 0.29) is 52.9 Å². The minimum Gasteiger partial charge on any atom is -0.447 e. The van der Waals surface area contributed by atoms with Crippen LogP contribution in [0.3, 0.4) is 0 Å². The molecule has 0 bridgehead atoms. The SMILES string of the molecule is O=C(Nc1nc(=O)n([C@@H]2CSC(CO)O2)cc1F)OCCOCCOCCOC(=O)Nc1nc(=O)n([C@@H]2CS[C@H](CO)O2)cc1F. The molecule has 22 heteroatoms. The molecule has 2 aromatic heterocycles. The molecular weight excluding hydrogens is 666 g/mol. The third-order valence-corrected chi connectivity index (χ3v) is 8.15. The van der Waals surface area contributed by atoms with Crippen LogP contribution in [-0.4, -0.2) is 117 Å². The van der Waals surface area contributed by atoms with Crippen LogP contribution in [0, 0.1) is 11.6 Å². The number of aliphatic hydroxyl groups excluding tert-OH is 2. The molecule has 0 radical (unpaired) electrons. The summed E-state index contributed by atoms with van der Waals surface area (Å²) in [5.74, 6) is -2.62. The van der Waals surface area contributed by atoms with E-state index in [1.165, 1.54) is 23.5 Å². The Bertz CT molecular complexity index is 1360. The summed E-state index contributed by atoms with van der Waals surface area (Å²) < 4.78 is 61.6. The molecule has 2 aliphatic heterocycles.